The number of aromatic nitrogens is 4. The molecule has 16 heteroatoms. The van der Waals surface area contributed by atoms with Crippen molar-refractivity contribution in [1.29, 1.82) is 0 Å². The number of piperazine rings is 2. The summed E-state index contributed by atoms with van der Waals surface area (Å²) in [5.41, 5.74) is 12.6. The molecule has 0 saturated carbocycles. The van der Waals surface area contributed by atoms with Gasteiger partial charge < -0.3 is 43.6 Å². The average Bonchev–Trinajstić information content (AvgIpc) is 3.94. The van der Waals surface area contributed by atoms with E-state index in [0.29, 0.717) is 31.9 Å². The maximum Gasteiger partial charge on any atom is 0.297 e. The molecule has 0 spiro atoms. The molecule has 6 heterocycles. The van der Waals surface area contributed by atoms with Crippen molar-refractivity contribution < 1.29 is 23.9 Å². The van der Waals surface area contributed by atoms with Gasteiger partial charge in [-0.3, -0.25) is 19.9 Å². The molecule has 4 aromatic carbocycles. The number of anilines is 3. The molecular weight excluding hydrogens is 789 g/mol. The van der Waals surface area contributed by atoms with Crippen LogP contribution in [0.2, 0.25) is 0 Å². The third-order valence-corrected chi connectivity index (χ3v) is 12.3. The van der Waals surface area contributed by atoms with Crippen LogP contribution in [0.15, 0.2) is 85.5 Å². The SMILES string of the molecule is Nc1cccc2c1ncn2CCCCN1CCN(c2ccc3c(c2)OCCO3)CC1.O=[N+]([O-])c1cccc2c1ncn2CCCCN1CCN(c2ccc3c(c2)OCCO3)CC1. The first kappa shape index (κ1) is 41.1. The minimum Gasteiger partial charge on any atom is -0.486 e. The van der Waals surface area contributed by atoms with Crippen molar-refractivity contribution in [1.82, 2.24) is 28.9 Å². The first-order valence-corrected chi connectivity index (χ1v) is 22.0. The van der Waals surface area contributed by atoms with Crippen LogP contribution in [0.1, 0.15) is 25.7 Å². The molecule has 2 N–H and O–H groups in total. The van der Waals surface area contributed by atoms with Gasteiger partial charge in [0, 0.05) is 95.0 Å². The van der Waals surface area contributed by atoms with Gasteiger partial charge in [0.05, 0.1) is 34.3 Å². The summed E-state index contributed by atoms with van der Waals surface area (Å²) in [6.45, 7) is 14.8. The number of nitrogen functional groups attached to an aromatic ring is 1. The van der Waals surface area contributed by atoms with Gasteiger partial charge in [-0.2, -0.15) is 0 Å². The fourth-order valence-electron chi connectivity index (χ4n) is 8.84. The molecule has 4 aliphatic heterocycles. The van der Waals surface area contributed by atoms with Gasteiger partial charge in [0.1, 0.15) is 31.9 Å². The lowest BCUT2D eigenvalue weighted by Crippen LogP contribution is -2.46. The van der Waals surface area contributed by atoms with Crippen molar-refractivity contribution in [3.05, 3.63) is 95.6 Å². The number of unbranched alkanes of at least 4 members (excludes halogenated alkanes) is 2. The monoisotopic (exact) mass is 844 g/mol. The molecule has 2 saturated heterocycles. The van der Waals surface area contributed by atoms with Gasteiger partial charge in [0.2, 0.25) is 0 Å². The predicted molar refractivity (Wildman–Crippen MR) is 241 cm³/mol. The Labute approximate surface area is 361 Å². The Morgan fingerprint density at radius 3 is 1.52 bits per heavy atom. The van der Waals surface area contributed by atoms with E-state index < -0.39 is 0 Å². The number of rotatable bonds is 13. The lowest BCUT2D eigenvalue weighted by molar-refractivity contribution is -0.383. The highest BCUT2D eigenvalue weighted by atomic mass is 16.6. The Bertz CT molecular complexity index is 2460. The van der Waals surface area contributed by atoms with E-state index in [1.54, 1.807) is 12.4 Å². The molecule has 0 bridgehead atoms. The molecule has 10 rings (SSSR count). The molecule has 326 valence electrons. The highest BCUT2D eigenvalue weighted by Crippen LogP contribution is 2.36. The van der Waals surface area contributed by atoms with Crippen LogP contribution in [-0.2, 0) is 13.1 Å². The number of nitro benzene ring substituents is 1. The zero-order valence-electron chi connectivity index (χ0n) is 35.3. The zero-order chi connectivity index (χ0) is 42.3. The van der Waals surface area contributed by atoms with Crippen LogP contribution in [0, 0.1) is 10.1 Å². The van der Waals surface area contributed by atoms with E-state index in [0.717, 1.165) is 143 Å². The molecule has 2 aromatic heterocycles. The molecule has 0 aliphatic carbocycles. The van der Waals surface area contributed by atoms with E-state index in [2.05, 4.69) is 64.5 Å². The fraction of sp³-hybridized carbons (Fsp3) is 0.435. The normalized spacial score (nSPS) is 16.6. The standard InChI is InChI=1S/C23H27N5O4.C23H29N5O2/c29-28(30)20-5-3-4-19-23(20)24-17-27(19)9-2-1-8-25-10-12-26(13-11-25)18-6-7-21-22(16-18)32-15-14-31-21;24-19-4-3-5-20-23(19)25-17-28(20)9-2-1-8-26-10-12-27(13-11-26)18-6-7-21-22(16-18)30-15-14-29-21/h3-7,16-17H,1-2,8-15H2;3-7,16-17H,1-2,8-15,24H2. The van der Waals surface area contributed by atoms with Crippen LogP contribution in [0.25, 0.3) is 22.1 Å². The van der Waals surface area contributed by atoms with Crippen molar-refractivity contribution >= 4 is 44.8 Å². The molecule has 4 aliphatic rings. The Balaban J connectivity index is 0.000000158. The summed E-state index contributed by atoms with van der Waals surface area (Å²) in [7, 11) is 0. The Morgan fingerprint density at radius 1 is 0.548 bits per heavy atom. The summed E-state index contributed by atoms with van der Waals surface area (Å²) < 4.78 is 26.9. The van der Waals surface area contributed by atoms with E-state index in [1.165, 1.54) is 23.9 Å². The second-order valence-electron chi connectivity index (χ2n) is 16.2. The van der Waals surface area contributed by atoms with Gasteiger partial charge in [-0.1, -0.05) is 12.1 Å². The summed E-state index contributed by atoms with van der Waals surface area (Å²) in [4.78, 5) is 29.4. The van der Waals surface area contributed by atoms with Crippen LogP contribution >= 0.6 is 0 Å². The number of imidazole rings is 2. The number of nitro groups is 1. The van der Waals surface area contributed by atoms with Crippen molar-refractivity contribution in [2.45, 2.75) is 38.8 Å². The summed E-state index contributed by atoms with van der Waals surface area (Å²) in [6, 6.07) is 23.6. The van der Waals surface area contributed by atoms with Crippen LogP contribution in [0.3, 0.4) is 0 Å². The molecular formula is C46H56N10O6. The first-order chi connectivity index (χ1) is 30.5. The largest absolute Gasteiger partial charge is 0.486 e. The van der Waals surface area contributed by atoms with Crippen molar-refractivity contribution in [2.75, 3.05) is 107 Å². The number of hydrogen-bond acceptors (Lipinski definition) is 13. The first-order valence-electron chi connectivity index (χ1n) is 22.0. The number of non-ortho nitro benzene ring substituents is 1. The maximum atomic E-state index is 11.2. The topological polar surface area (TPSA) is 155 Å². The molecule has 0 atom stereocenters. The number of para-hydroxylation sites is 2. The van der Waals surface area contributed by atoms with Crippen LogP contribution in [0.4, 0.5) is 22.7 Å². The molecule has 0 amide bonds. The summed E-state index contributed by atoms with van der Waals surface area (Å²) in [5, 5.41) is 11.2. The highest BCUT2D eigenvalue weighted by molar-refractivity contribution is 5.87. The summed E-state index contributed by atoms with van der Waals surface area (Å²) in [6.07, 6.45) is 8.04. The molecule has 62 heavy (non-hydrogen) atoms. The molecule has 16 nitrogen and oxygen atoms in total. The average molecular weight is 845 g/mol. The maximum absolute atomic E-state index is 11.2. The molecule has 0 radical (unpaired) electrons. The van der Waals surface area contributed by atoms with Crippen LogP contribution < -0.4 is 34.5 Å². The van der Waals surface area contributed by atoms with Gasteiger partial charge in [0.25, 0.3) is 5.69 Å². The number of benzene rings is 4. The van der Waals surface area contributed by atoms with Crippen molar-refractivity contribution in [3.63, 3.8) is 0 Å². The zero-order valence-corrected chi connectivity index (χ0v) is 35.3. The predicted octanol–water partition coefficient (Wildman–Crippen LogP) is 6.31. The molecule has 0 unspecified atom stereocenters. The Hall–Kier alpha value is -6.26. The Morgan fingerprint density at radius 2 is 1.00 bits per heavy atom. The fourth-order valence-corrected chi connectivity index (χ4v) is 8.84. The lowest BCUT2D eigenvalue weighted by atomic mass is 10.2. The third-order valence-electron chi connectivity index (χ3n) is 12.3. The van der Waals surface area contributed by atoms with Crippen molar-refractivity contribution in [3.8, 4) is 23.0 Å². The molecule has 2 fully saturated rings. The third kappa shape index (κ3) is 9.45. The van der Waals surface area contributed by atoms with Gasteiger partial charge in [-0.25, -0.2) is 9.97 Å². The minimum atomic E-state index is -0.371. The second-order valence-corrected chi connectivity index (χ2v) is 16.2. The number of nitrogens with two attached hydrogens (primary N) is 1. The van der Waals surface area contributed by atoms with E-state index in [1.807, 2.05) is 41.2 Å². The smallest absolute Gasteiger partial charge is 0.297 e. The molecule has 6 aromatic rings. The van der Waals surface area contributed by atoms with Crippen LogP contribution in [-0.4, -0.2) is 126 Å². The highest BCUT2D eigenvalue weighted by Gasteiger charge is 2.22. The minimum absolute atomic E-state index is 0.0668. The van der Waals surface area contributed by atoms with Gasteiger partial charge >= 0.3 is 0 Å². The van der Waals surface area contributed by atoms with E-state index in [4.69, 9.17) is 24.7 Å². The van der Waals surface area contributed by atoms with Crippen LogP contribution in [0.5, 0.6) is 23.0 Å². The van der Waals surface area contributed by atoms with Gasteiger partial charge in [-0.15, -0.1) is 0 Å². The number of fused-ring (bicyclic) bond motifs is 4. The lowest BCUT2D eigenvalue weighted by Gasteiger charge is -2.36. The van der Waals surface area contributed by atoms with E-state index in [-0.39, 0.29) is 10.6 Å². The number of hydrogen-bond donors (Lipinski definition) is 1. The van der Waals surface area contributed by atoms with E-state index in [9.17, 15) is 10.1 Å². The second kappa shape index (κ2) is 19.2. The van der Waals surface area contributed by atoms with Gasteiger partial charge in [0.15, 0.2) is 28.5 Å². The number of ether oxygens (including phenoxy) is 4. The van der Waals surface area contributed by atoms with Crippen molar-refractivity contribution in [2.24, 2.45) is 0 Å². The van der Waals surface area contributed by atoms with Gasteiger partial charge in [-0.05, 0) is 81.2 Å². The Kier molecular flexibility index (Phi) is 12.7. The quantitative estimate of drug-likeness (QED) is 0.0599. The number of aryl methyl sites for hydroxylation is 2. The summed E-state index contributed by atoms with van der Waals surface area (Å²) >= 11 is 0. The number of nitrogens with zero attached hydrogens (tertiary/aromatic N) is 9. The van der Waals surface area contributed by atoms with E-state index >= 15 is 0 Å². The summed E-state index contributed by atoms with van der Waals surface area (Å²) in [5.74, 6) is 3.40.